The van der Waals surface area contributed by atoms with Crippen LogP contribution in [0.4, 0.5) is 0 Å². The largest absolute Gasteiger partial charge is 0.352 e. The van der Waals surface area contributed by atoms with Gasteiger partial charge in [0.2, 0.25) is 5.91 Å². The molecule has 0 radical (unpaired) electrons. The molecular weight excluding hydrogens is 252 g/mol. The van der Waals surface area contributed by atoms with E-state index in [9.17, 15) is 4.79 Å². The number of hydrogen-bond acceptors (Lipinski definition) is 3. The summed E-state index contributed by atoms with van der Waals surface area (Å²) in [6, 6.07) is 10.2. The number of nitrogens with one attached hydrogen (secondary N) is 2. The molecule has 0 saturated carbocycles. The van der Waals surface area contributed by atoms with E-state index in [4.69, 9.17) is 0 Å². The molecule has 0 aliphatic carbocycles. The Bertz CT molecular complexity index is 558. The lowest BCUT2D eigenvalue weighted by molar-refractivity contribution is -0.126. The van der Waals surface area contributed by atoms with Gasteiger partial charge in [0.1, 0.15) is 0 Å². The second kappa shape index (κ2) is 5.88. The van der Waals surface area contributed by atoms with Gasteiger partial charge in [0, 0.05) is 32.0 Å². The zero-order chi connectivity index (χ0) is 13.8. The SMILES string of the molecule is O=C(NCc1ccc(Cn2cccn2)cc1)C1CNC1. The fourth-order valence-electron chi connectivity index (χ4n) is 2.15. The van der Waals surface area contributed by atoms with Crippen molar-refractivity contribution in [2.75, 3.05) is 13.1 Å². The third kappa shape index (κ3) is 3.05. The molecule has 104 valence electrons. The fourth-order valence-corrected chi connectivity index (χ4v) is 2.15. The highest BCUT2D eigenvalue weighted by atomic mass is 16.2. The molecule has 20 heavy (non-hydrogen) atoms. The molecule has 1 saturated heterocycles. The standard InChI is InChI=1S/C15H18N4O/c20-15(14-9-16-10-14)17-8-12-2-4-13(5-3-12)11-19-7-1-6-18-19/h1-7,14,16H,8-11H2,(H,17,20). The lowest BCUT2D eigenvalue weighted by Crippen LogP contribution is -2.50. The fraction of sp³-hybridized carbons (Fsp3) is 0.333. The number of carbonyl (C=O) groups excluding carboxylic acids is 1. The predicted molar refractivity (Wildman–Crippen MR) is 76.0 cm³/mol. The number of hydrogen-bond donors (Lipinski definition) is 2. The minimum absolute atomic E-state index is 0.143. The Morgan fingerprint density at radius 2 is 2.05 bits per heavy atom. The number of aromatic nitrogens is 2. The van der Waals surface area contributed by atoms with Crippen LogP contribution in [-0.2, 0) is 17.9 Å². The summed E-state index contributed by atoms with van der Waals surface area (Å²) < 4.78 is 1.89. The lowest BCUT2D eigenvalue weighted by atomic mass is 10.0. The van der Waals surface area contributed by atoms with Crippen molar-refractivity contribution in [1.29, 1.82) is 0 Å². The Morgan fingerprint density at radius 3 is 2.65 bits per heavy atom. The summed E-state index contributed by atoms with van der Waals surface area (Å²) in [6.45, 7) is 2.97. The van der Waals surface area contributed by atoms with Gasteiger partial charge in [0.25, 0.3) is 0 Å². The predicted octanol–water partition coefficient (Wildman–Crippen LogP) is 0.767. The minimum atomic E-state index is 0.143. The maximum Gasteiger partial charge on any atom is 0.225 e. The average molecular weight is 270 g/mol. The van der Waals surface area contributed by atoms with E-state index in [1.54, 1.807) is 6.20 Å². The molecule has 2 aromatic rings. The molecule has 1 aliphatic rings. The van der Waals surface area contributed by atoms with Crippen molar-refractivity contribution in [1.82, 2.24) is 20.4 Å². The van der Waals surface area contributed by atoms with Crippen molar-refractivity contribution in [3.63, 3.8) is 0 Å². The van der Waals surface area contributed by atoms with E-state index in [0.29, 0.717) is 6.54 Å². The summed E-state index contributed by atoms with van der Waals surface area (Å²) in [5, 5.41) is 10.3. The molecule has 0 atom stereocenters. The van der Waals surface area contributed by atoms with Crippen molar-refractivity contribution >= 4 is 5.91 Å². The van der Waals surface area contributed by atoms with Gasteiger partial charge in [0.15, 0.2) is 0 Å². The van der Waals surface area contributed by atoms with Crippen LogP contribution in [0.3, 0.4) is 0 Å². The number of nitrogens with zero attached hydrogens (tertiary/aromatic N) is 2. The van der Waals surface area contributed by atoms with Crippen molar-refractivity contribution in [3.05, 3.63) is 53.9 Å². The van der Waals surface area contributed by atoms with Crippen LogP contribution in [0, 0.1) is 5.92 Å². The maximum absolute atomic E-state index is 11.7. The van der Waals surface area contributed by atoms with Crippen LogP contribution >= 0.6 is 0 Å². The van der Waals surface area contributed by atoms with E-state index >= 15 is 0 Å². The molecule has 1 aliphatic heterocycles. The van der Waals surface area contributed by atoms with Crippen LogP contribution in [0.15, 0.2) is 42.7 Å². The average Bonchev–Trinajstić information content (AvgIpc) is 2.89. The molecule has 5 heteroatoms. The van der Waals surface area contributed by atoms with Crippen molar-refractivity contribution < 1.29 is 4.79 Å². The summed E-state index contributed by atoms with van der Waals surface area (Å²) >= 11 is 0. The van der Waals surface area contributed by atoms with E-state index in [1.165, 1.54) is 5.56 Å². The van der Waals surface area contributed by atoms with E-state index in [2.05, 4.69) is 40.0 Å². The normalized spacial score (nSPS) is 14.8. The van der Waals surface area contributed by atoms with Crippen LogP contribution in [0.5, 0.6) is 0 Å². The van der Waals surface area contributed by atoms with Crippen LogP contribution in [0.25, 0.3) is 0 Å². The number of benzene rings is 1. The highest BCUT2D eigenvalue weighted by Gasteiger charge is 2.24. The van der Waals surface area contributed by atoms with E-state index in [0.717, 1.165) is 25.2 Å². The zero-order valence-electron chi connectivity index (χ0n) is 11.2. The molecule has 5 nitrogen and oxygen atoms in total. The molecule has 1 aromatic heterocycles. The van der Waals surface area contributed by atoms with Gasteiger partial charge in [0.05, 0.1) is 12.5 Å². The summed E-state index contributed by atoms with van der Waals surface area (Å²) in [4.78, 5) is 11.7. The molecule has 2 heterocycles. The van der Waals surface area contributed by atoms with Gasteiger partial charge in [-0.05, 0) is 17.2 Å². The third-order valence-corrected chi connectivity index (χ3v) is 3.55. The number of carbonyl (C=O) groups is 1. The van der Waals surface area contributed by atoms with Crippen molar-refractivity contribution in [2.24, 2.45) is 5.92 Å². The monoisotopic (exact) mass is 270 g/mol. The van der Waals surface area contributed by atoms with Gasteiger partial charge < -0.3 is 10.6 Å². The summed E-state index contributed by atoms with van der Waals surface area (Å²) in [6.07, 6.45) is 3.72. The first-order valence-corrected chi connectivity index (χ1v) is 6.85. The summed E-state index contributed by atoms with van der Waals surface area (Å²) in [7, 11) is 0. The summed E-state index contributed by atoms with van der Waals surface area (Å²) in [5.41, 5.74) is 2.32. The first-order valence-electron chi connectivity index (χ1n) is 6.85. The van der Waals surface area contributed by atoms with E-state index < -0.39 is 0 Å². The highest BCUT2D eigenvalue weighted by Crippen LogP contribution is 2.07. The second-order valence-electron chi connectivity index (χ2n) is 5.09. The van der Waals surface area contributed by atoms with Crippen molar-refractivity contribution in [3.8, 4) is 0 Å². The smallest absolute Gasteiger partial charge is 0.225 e. The van der Waals surface area contributed by atoms with Crippen LogP contribution < -0.4 is 10.6 Å². The summed E-state index contributed by atoms with van der Waals surface area (Å²) in [5.74, 6) is 0.290. The molecule has 1 amide bonds. The molecule has 0 unspecified atom stereocenters. The van der Waals surface area contributed by atoms with E-state index in [1.807, 2.05) is 16.9 Å². The first-order chi connectivity index (χ1) is 9.81. The van der Waals surface area contributed by atoms with Gasteiger partial charge in [-0.25, -0.2) is 0 Å². The van der Waals surface area contributed by atoms with Crippen LogP contribution in [0.2, 0.25) is 0 Å². The molecule has 2 N–H and O–H groups in total. The second-order valence-corrected chi connectivity index (χ2v) is 5.09. The Hall–Kier alpha value is -2.14. The molecule has 1 fully saturated rings. The van der Waals surface area contributed by atoms with E-state index in [-0.39, 0.29) is 11.8 Å². The van der Waals surface area contributed by atoms with Gasteiger partial charge in [-0.2, -0.15) is 5.10 Å². The Balaban J connectivity index is 1.52. The van der Waals surface area contributed by atoms with Crippen LogP contribution in [-0.4, -0.2) is 28.8 Å². The number of rotatable bonds is 5. The minimum Gasteiger partial charge on any atom is -0.352 e. The van der Waals surface area contributed by atoms with Gasteiger partial charge >= 0.3 is 0 Å². The molecule has 0 spiro atoms. The highest BCUT2D eigenvalue weighted by molar-refractivity contribution is 5.79. The van der Waals surface area contributed by atoms with Gasteiger partial charge in [-0.3, -0.25) is 9.48 Å². The topological polar surface area (TPSA) is 59.0 Å². The molecule has 1 aromatic carbocycles. The molecular formula is C15H18N4O. The van der Waals surface area contributed by atoms with Crippen molar-refractivity contribution in [2.45, 2.75) is 13.1 Å². The molecule has 3 rings (SSSR count). The Labute approximate surface area is 118 Å². The Kier molecular flexibility index (Phi) is 3.78. The first kappa shape index (κ1) is 12.9. The molecule has 0 bridgehead atoms. The number of amides is 1. The van der Waals surface area contributed by atoms with Gasteiger partial charge in [-0.15, -0.1) is 0 Å². The lowest BCUT2D eigenvalue weighted by Gasteiger charge is -2.25. The van der Waals surface area contributed by atoms with Crippen LogP contribution in [0.1, 0.15) is 11.1 Å². The van der Waals surface area contributed by atoms with Gasteiger partial charge in [-0.1, -0.05) is 24.3 Å². The maximum atomic E-state index is 11.7. The Morgan fingerprint density at radius 1 is 1.30 bits per heavy atom. The third-order valence-electron chi connectivity index (χ3n) is 3.55. The quantitative estimate of drug-likeness (QED) is 0.843. The zero-order valence-corrected chi connectivity index (χ0v) is 11.2.